The third kappa shape index (κ3) is 4.21. The third-order valence-corrected chi connectivity index (χ3v) is 5.67. The van der Waals surface area contributed by atoms with Crippen LogP contribution in [0.15, 0.2) is 41.8 Å². The van der Waals surface area contributed by atoms with Crippen LogP contribution in [0.25, 0.3) is 11.3 Å². The molecule has 33 heavy (non-hydrogen) atoms. The van der Waals surface area contributed by atoms with E-state index in [9.17, 15) is 29.8 Å². The van der Waals surface area contributed by atoms with Crippen molar-refractivity contribution in [2.45, 2.75) is 13.0 Å². The normalized spacial score (nSPS) is 14.9. The Kier molecular flexibility index (Phi) is 5.47. The minimum atomic E-state index is -0.812. The van der Waals surface area contributed by atoms with Gasteiger partial charge in [0.05, 0.1) is 32.9 Å². The zero-order chi connectivity index (χ0) is 23.9. The summed E-state index contributed by atoms with van der Waals surface area (Å²) in [7, 11) is 1.65. The van der Waals surface area contributed by atoms with Crippen LogP contribution < -0.4 is 15.0 Å². The van der Waals surface area contributed by atoms with Crippen LogP contribution in [0, 0.1) is 20.2 Å². The maximum atomic E-state index is 12.6. The summed E-state index contributed by atoms with van der Waals surface area (Å²) < 4.78 is 5.60. The van der Waals surface area contributed by atoms with Crippen LogP contribution in [0.1, 0.15) is 17.3 Å². The summed E-state index contributed by atoms with van der Waals surface area (Å²) in [6.45, 7) is 1.67. The number of carbonyl (C=O) groups is 2. The van der Waals surface area contributed by atoms with Crippen molar-refractivity contribution in [3.63, 3.8) is 0 Å². The molecule has 2 aromatic carbocycles. The van der Waals surface area contributed by atoms with Gasteiger partial charge in [-0.1, -0.05) is 0 Å². The van der Waals surface area contributed by atoms with E-state index in [-0.39, 0.29) is 16.6 Å². The zero-order valence-electron chi connectivity index (χ0n) is 17.2. The molecule has 4 rings (SSSR count). The number of hydrogen-bond donors (Lipinski definition) is 1. The Morgan fingerprint density at radius 1 is 1.15 bits per heavy atom. The van der Waals surface area contributed by atoms with Crippen LogP contribution >= 0.6 is 11.3 Å². The highest BCUT2D eigenvalue weighted by Crippen LogP contribution is 2.37. The van der Waals surface area contributed by atoms with Crippen molar-refractivity contribution in [1.29, 1.82) is 0 Å². The fourth-order valence-electron chi connectivity index (χ4n) is 3.24. The second kappa shape index (κ2) is 8.27. The van der Waals surface area contributed by atoms with Crippen LogP contribution in [0.3, 0.4) is 0 Å². The van der Waals surface area contributed by atoms with Crippen molar-refractivity contribution < 1.29 is 24.2 Å². The lowest BCUT2D eigenvalue weighted by molar-refractivity contribution is -0.394. The maximum Gasteiger partial charge on any atom is 0.277 e. The summed E-state index contributed by atoms with van der Waals surface area (Å²) in [6.07, 6.45) is -0.584. The number of ether oxygens (including phenoxy) is 1. The molecule has 1 aliphatic heterocycles. The van der Waals surface area contributed by atoms with Gasteiger partial charge in [0.1, 0.15) is 5.75 Å². The number of nitro groups is 2. The number of rotatable bonds is 5. The van der Waals surface area contributed by atoms with Crippen LogP contribution in [-0.4, -0.2) is 39.8 Å². The second-order valence-corrected chi connectivity index (χ2v) is 7.94. The monoisotopic (exact) mass is 469 g/mol. The van der Waals surface area contributed by atoms with Gasteiger partial charge in [-0.3, -0.25) is 35.1 Å². The van der Waals surface area contributed by atoms with Crippen molar-refractivity contribution >= 4 is 45.3 Å². The molecule has 1 unspecified atom stereocenters. The lowest BCUT2D eigenvalue weighted by atomic mass is 10.1. The zero-order valence-corrected chi connectivity index (χ0v) is 18.0. The van der Waals surface area contributed by atoms with E-state index in [4.69, 9.17) is 4.74 Å². The highest BCUT2D eigenvalue weighted by atomic mass is 32.1. The molecular weight excluding hydrogens is 454 g/mol. The van der Waals surface area contributed by atoms with E-state index in [2.05, 4.69) is 10.3 Å². The van der Waals surface area contributed by atoms with E-state index >= 15 is 0 Å². The van der Waals surface area contributed by atoms with Crippen LogP contribution in [0.4, 0.5) is 22.2 Å². The van der Waals surface area contributed by atoms with Crippen LogP contribution in [-0.2, 0) is 4.79 Å². The number of nitrogens with zero attached hydrogens (tertiary/aromatic N) is 4. The van der Waals surface area contributed by atoms with Crippen molar-refractivity contribution in [3.05, 3.63) is 67.6 Å². The predicted molar refractivity (Wildman–Crippen MR) is 119 cm³/mol. The van der Waals surface area contributed by atoms with Gasteiger partial charge in [-0.15, -0.1) is 11.3 Å². The van der Waals surface area contributed by atoms with Gasteiger partial charge in [0.25, 0.3) is 23.2 Å². The second-order valence-electron chi connectivity index (χ2n) is 7.08. The topological polar surface area (TPSA) is 158 Å². The van der Waals surface area contributed by atoms with Gasteiger partial charge in [0.2, 0.25) is 0 Å². The van der Waals surface area contributed by atoms with E-state index in [0.717, 1.165) is 29.5 Å². The fraction of sp³-hybridized carbons (Fsp3) is 0.150. The summed E-state index contributed by atoms with van der Waals surface area (Å²) in [6, 6.07) is 7.91. The number of aromatic nitrogens is 1. The molecule has 12 nitrogen and oxygen atoms in total. The SMILES string of the molecule is CC1Oc2ccc(-c3csc(NC(=O)c4cc([N+](=O)[O-])cc([N+](=O)[O-])c4)n3)cc2N(C)C1=O. The largest absolute Gasteiger partial charge is 0.479 e. The van der Waals surface area contributed by atoms with Gasteiger partial charge < -0.3 is 9.64 Å². The summed E-state index contributed by atoms with van der Waals surface area (Å²) in [5.74, 6) is -0.401. The minimum absolute atomic E-state index is 0.183. The number of benzene rings is 2. The first kappa shape index (κ1) is 21.8. The molecule has 0 spiro atoms. The Morgan fingerprint density at radius 3 is 2.45 bits per heavy atom. The number of fused-ring (bicyclic) bond motifs is 1. The molecular formula is C20H15N5O7S. The number of thiazole rings is 1. The van der Waals surface area contributed by atoms with Gasteiger partial charge in [0.15, 0.2) is 11.2 Å². The van der Waals surface area contributed by atoms with Gasteiger partial charge in [-0.25, -0.2) is 4.98 Å². The van der Waals surface area contributed by atoms with Gasteiger partial charge >= 0.3 is 0 Å². The standard InChI is InChI=1S/C20H15N5O7S/c1-10-19(27)23(2)16-7-11(3-4-17(16)32-10)15-9-33-20(21-15)22-18(26)12-5-13(24(28)29)8-14(6-12)25(30)31/h3-10H,1-2H3,(H,21,22,26). The Morgan fingerprint density at radius 2 is 1.82 bits per heavy atom. The van der Waals surface area contributed by atoms with Gasteiger partial charge in [-0.05, 0) is 25.1 Å². The third-order valence-electron chi connectivity index (χ3n) is 4.91. The lowest BCUT2D eigenvalue weighted by Gasteiger charge is -2.30. The number of hydrogen-bond acceptors (Lipinski definition) is 9. The van der Waals surface area contributed by atoms with Crippen molar-refractivity contribution in [3.8, 4) is 17.0 Å². The summed E-state index contributed by atoms with van der Waals surface area (Å²) in [5, 5.41) is 26.5. The van der Waals surface area contributed by atoms with E-state index in [1.807, 2.05) is 0 Å². The molecule has 0 saturated heterocycles. The molecule has 2 amide bonds. The van der Waals surface area contributed by atoms with Gasteiger partial charge in [-0.2, -0.15) is 0 Å². The first-order chi connectivity index (χ1) is 15.6. The minimum Gasteiger partial charge on any atom is -0.479 e. The van der Waals surface area contributed by atoms with E-state index in [0.29, 0.717) is 22.7 Å². The highest BCUT2D eigenvalue weighted by molar-refractivity contribution is 7.14. The lowest BCUT2D eigenvalue weighted by Crippen LogP contribution is -2.41. The number of anilines is 2. The van der Waals surface area contributed by atoms with Gasteiger partial charge in [0, 0.05) is 30.1 Å². The summed E-state index contributed by atoms with van der Waals surface area (Å²) >= 11 is 1.10. The number of likely N-dealkylation sites (N-methyl/N-ethyl adjacent to an activating group) is 1. The van der Waals surface area contributed by atoms with Crippen molar-refractivity contribution in [2.75, 3.05) is 17.3 Å². The first-order valence-corrected chi connectivity index (χ1v) is 10.3. The summed E-state index contributed by atoms with van der Waals surface area (Å²) in [4.78, 5) is 51.0. The van der Waals surface area contributed by atoms with E-state index in [1.165, 1.54) is 4.90 Å². The molecule has 0 bridgehead atoms. The molecule has 3 aromatic rings. The predicted octanol–water partition coefficient (Wildman–Crippen LogP) is 3.62. The number of nitrogens with one attached hydrogen (secondary N) is 1. The first-order valence-electron chi connectivity index (χ1n) is 9.43. The maximum absolute atomic E-state index is 12.6. The molecule has 0 saturated carbocycles. The van der Waals surface area contributed by atoms with E-state index in [1.54, 1.807) is 37.6 Å². The molecule has 1 aromatic heterocycles. The number of carbonyl (C=O) groups excluding carboxylic acids is 2. The average Bonchev–Trinajstić information content (AvgIpc) is 3.25. The Hall–Kier alpha value is -4.39. The molecule has 2 heterocycles. The quantitative estimate of drug-likeness (QED) is 0.438. The average molecular weight is 469 g/mol. The van der Waals surface area contributed by atoms with Crippen LogP contribution in [0.2, 0.25) is 0 Å². The Bertz CT molecular complexity index is 1290. The number of non-ortho nitro benzene ring substituents is 2. The molecule has 1 N–H and O–H groups in total. The van der Waals surface area contributed by atoms with Crippen LogP contribution in [0.5, 0.6) is 5.75 Å². The van der Waals surface area contributed by atoms with E-state index < -0.39 is 33.2 Å². The molecule has 0 fully saturated rings. The molecule has 0 aliphatic carbocycles. The number of amides is 2. The van der Waals surface area contributed by atoms with Crippen molar-refractivity contribution in [1.82, 2.24) is 4.98 Å². The molecule has 13 heteroatoms. The number of nitro benzene ring substituents is 2. The highest BCUT2D eigenvalue weighted by Gasteiger charge is 2.29. The molecule has 1 atom stereocenters. The smallest absolute Gasteiger partial charge is 0.277 e. The molecule has 0 radical (unpaired) electrons. The fourth-order valence-corrected chi connectivity index (χ4v) is 3.96. The summed E-state index contributed by atoms with van der Waals surface area (Å²) in [5.41, 5.74) is 0.389. The molecule has 168 valence electrons. The Balaban J connectivity index is 1.58. The molecule has 1 aliphatic rings. The Labute approximate surface area is 189 Å². The van der Waals surface area contributed by atoms with Crippen molar-refractivity contribution in [2.24, 2.45) is 0 Å².